The maximum atomic E-state index is 11.8. The molecule has 1 rings (SSSR count). The highest BCUT2D eigenvalue weighted by Crippen LogP contribution is 2.37. The third kappa shape index (κ3) is 2.54. The Morgan fingerprint density at radius 2 is 2.06 bits per heavy atom. The van der Waals surface area contributed by atoms with Gasteiger partial charge in [0.15, 0.2) is 0 Å². The molecule has 1 saturated heterocycles. The summed E-state index contributed by atoms with van der Waals surface area (Å²) in [4.78, 5) is 23.2. The van der Waals surface area contributed by atoms with E-state index in [-0.39, 0.29) is 23.3 Å². The van der Waals surface area contributed by atoms with Gasteiger partial charge in [0.05, 0.1) is 18.4 Å². The van der Waals surface area contributed by atoms with Gasteiger partial charge in [0.2, 0.25) is 5.91 Å². The molecule has 1 heterocycles. The van der Waals surface area contributed by atoms with Crippen molar-refractivity contribution < 1.29 is 14.3 Å². The molecule has 1 atom stereocenters. The van der Waals surface area contributed by atoms with Crippen molar-refractivity contribution in [1.29, 1.82) is 0 Å². The predicted molar refractivity (Wildman–Crippen MR) is 60.8 cm³/mol. The van der Waals surface area contributed by atoms with Gasteiger partial charge in [0, 0.05) is 6.04 Å². The molecule has 0 aliphatic carbocycles. The van der Waals surface area contributed by atoms with Crippen molar-refractivity contribution in [2.24, 2.45) is 5.41 Å². The number of amides is 1. The molecule has 4 nitrogen and oxygen atoms in total. The average molecular weight is 227 g/mol. The van der Waals surface area contributed by atoms with Crippen LogP contribution in [0.25, 0.3) is 0 Å². The van der Waals surface area contributed by atoms with Crippen LogP contribution >= 0.6 is 0 Å². The zero-order chi connectivity index (χ0) is 12.2. The second-order valence-electron chi connectivity index (χ2n) is 4.37. The Bertz CT molecular complexity index is 271. The smallest absolute Gasteiger partial charge is 0.307 e. The van der Waals surface area contributed by atoms with E-state index in [1.54, 1.807) is 6.92 Å². The summed E-state index contributed by atoms with van der Waals surface area (Å²) < 4.78 is 4.88. The zero-order valence-electron chi connectivity index (χ0n) is 10.3. The molecule has 0 aromatic heterocycles. The fourth-order valence-electron chi connectivity index (χ4n) is 2.36. The molecule has 1 N–H and O–H groups in total. The normalized spacial score (nSPS) is 22.9. The first kappa shape index (κ1) is 13.0. The number of esters is 1. The van der Waals surface area contributed by atoms with Gasteiger partial charge in [-0.05, 0) is 26.2 Å². The largest absolute Gasteiger partial charge is 0.466 e. The minimum atomic E-state index is -0.267. The molecule has 0 radical (unpaired) electrons. The van der Waals surface area contributed by atoms with Crippen molar-refractivity contribution in [1.82, 2.24) is 5.32 Å². The number of hydrogen-bond donors (Lipinski definition) is 1. The first-order valence-electron chi connectivity index (χ1n) is 6.04. The van der Waals surface area contributed by atoms with Crippen molar-refractivity contribution in [3.8, 4) is 0 Å². The van der Waals surface area contributed by atoms with E-state index >= 15 is 0 Å². The van der Waals surface area contributed by atoms with Gasteiger partial charge in [-0.25, -0.2) is 0 Å². The van der Waals surface area contributed by atoms with E-state index in [0.29, 0.717) is 13.0 Å². The number of rotatable bonds is 5. The highest BCUT2D eigenvalue weighted by molar-refractivity contribution is 5.86. The Morgan fingerprint density at radius 3 is 2.50 bits per heavy atom. The fourth-order valence-corrected chi connectivity index (χ4v) is 2.36. The molecule has 1 fully saturated rings. The molecule has 92 valence electrons. The van der Waals surface area contributed by atoms with Gasteiger partial charge in [-0.1, -0.05) is 13.8 Å². The summed E-state index contributed by atoms with van der Waals surface area (Å²) in [5, 5.41) is 2.90. The van der Waals surface area contributed by atoms with Crippen molar-refractivity contribution in [3.05, 3.63) is 0 Å². The molecule has 0 aromatic carbocycles. The van der Waals surface area contributed by atoms with E-state index in [1.165, 1.54) is 0 Å². The lowest BCUT2D eigenvalue weighted by Crippen LogP contribution is -2.32. The van der Waals surface area contributed by atoms with E-state index in [0.717, 1.165) is 19.3 Å². The molecular formula is C12H21NO3. The third-order valence-corrected chi connectivity index (χ3v) is 3.53. The molecule has 1 aliphatic heterocycles. The third-order valence-electron chi connectivity index (χ3n) is 3.53. The number of carbonyl (C=O) groups is 2. The first-order chi connectivity index (χ1) is 7.57. The van der Waals surface area contributed by atoms with Gasteiger partial charge in [-0.2, -0.15) is 0 Å². The van der Waals surface area contributed by atoms with Crippen LogP contribution in [0.4, 0.5) is 0 Å². The molecule has 0 spiro atoms. The number of ether oxygens (including phenoxy) is 1. The maximum absolute atomic E-state index is 11.8. The van der Waals surface area contributed by atoms with Crippen molar-refractivity contribution in [2.75, 3.05) is 6.61 Å². The van der Waals surface area contributed by atoms with Crippen LogP contribution in [-0.2, 0) is 14.3 Å². The van der Waals surface area contributed by atoms with Crippen LogP contribution < -0.4 is 5.32 Å². The number of nitrogens with one attached hydrogen (secondary N) is 1. The van der Waals surface area contributed by atoms with Gasteiger partial charge in [0.1, 0.15) is 0 Å². The molecule has 1 aliphatic rings. The minimum absolute atomic E-state index is 0.0496. The monoisotopic (exact) mass is 227 g/mol. The molecule has 1 amide bonds. The summed E-state index contributed by atoms with van der Waals surface area (Å²) in [6.07, 6.45) is 2.70. The first-order valence-corrected chi connectivity index (χ1v) is 6.04. The highest BCUT2D eigenvalue weighted by atomic mass is 16.5. The van der Waals surface area contributed by atoms with E-state index in [1.807, 2.05) is 13.8 Å². The Labute approximate surface area is 96.7 Å². The summed E-state index contributed by atoms with van der Waals surface area (Å²) in [6, 6.07) is -0.0496. The lowest BCUT2D eigenvalue weighted by atomic mass is 9.79. The maximum Gasteiger partial charge on any atom is 0.307 e. The van der Waals surface area contributed by atoms with E-state index < -0.39 is 0 Å². The second kappa shape index (κ2) is 5.32. The molecule has 0 saturated carbocycles. The van der Waals surface area contributed by atoms with Crippen LogP contribution in [-0.4, -0.2) is 24.5 Å². The Hall–Kier alpha value is -1.06. The quantitative estimate of drug-likeness (QED) is 0.726. The predicted octanol–water partition coefficient (Wildman–Crippen LogP) is 1.63. The molecular weight excluding hydrogens is 206 g/mol. The molecule has 0 aromatic rings. The van der Waals surface area contributed by atoms with Gasteiger partial charge in [0.25, 0.3) is 0 Å². The van der Waals surface area contributed by atoms with Gasteiger partial charge in [-0.15, -0.1) is 0 Å². The standard InChI is InChI=1S/C12H21NO3/c1-4-12(5-2)8-9(13-11(12)15)7-10(14)16-6-3/h9H,4-8H2,1-3H3,(H,13,15). The summed E-state index contributed by atoms with van der Waals surface area (Å²) in [5.41, 5.74) is -0.267. The van der Waals surface area contributed by atoms with Crippen LogP contribution in [0.3, 0.4) is 0 Å². The number of hydrogen-bond acceptors (Lipinski definition) is 3. The van der Waals surface area contributed by atoms with Gasteiger partial charge < -0.3 is 10.1 Å². The Morgan fingerprint density at radius 1 is 1.44 bits per heavy atom. The van der Waals surface area contributed by atoms with E-state index in [4.69, 9.17) is 4.74 Å². The lowest BCUT2D eigenvalue weighted by Gasteiger charge is -2.22. The highest BCUT2D eigenvalue weighted by Gasteiger charge is 2.44. The van der Waals surface area contributed by atoms with Crippen molar-refractivity contribution in [3.63, 3.8) is 0 Å². The van der Waals surface area contributed by atoms with Crippen LogP contribution in [0, 0.1) is 5.41 Å². The Balaban J connectivity index is 2.56. The minimum Gasteiger partial charge on any atom is -0.466 e. The number of carbonyl (C=O) groups excluding carboxylic acids is 2. The van der Waals surface area contributed by atoms with Gasteiger partial charge >= 0.3 is 5.97 Å². The molecule has 4 heteroatoms. The Kier molecular flexibility index (Phi) is 4.33. The summed E-state index contributed by atoms with van der Waals surface area (Å²) in [5.74, 6) is -0.136. The topological polar surface area (TPSA) is 55.4 Å². The summed E-state index contributed by atoms with van der Waals surface area (Å²) in [7, 11) is 0. The SMILES string of the molecule is CCOC(=O)CC1CC(CC)(CC)C(=O)N1. The molecule has 1 unspecified atom stereocenters. The zero-order valence-corrected chi connectivity index (χ0v) is 10.3. The summed E-state index contributed by atoms with van der Waals surface area (Å²) in [6.45, 7) is 6.23. The lowest BCUT2D eigenvalue weighted by molar-refractivity contribution is -0.143. The van der Waals surface area contributed by atoms with Crippen LogP contribution in [0.2, 0.25) is 0 Å². The van der Waals surface area contributed by atoms with Crippen molar-refractivity contribution >= 4 is 11.9 Å². The van der Waals surface area contributed by atoms with Crippen molar-refractivity contribution in [2.45, 2.75) is 52.5 Å². The average Bonchev–Trinajstić information content (AvgIpc) is 2.55. The van der Waals surface area contributed by atoms with Crippen LogP contribution in [0.15, 0.2) is 0 Å². The van der Waals surface area contributed by atoms with E-state index in [2.05, 4.69) is 5.32 Å². The molecule has 0 bridgehead atoms. The summed E-state index contributed by atoms with van der Waals surface area (Å²) >= 11 is 0. The molecule has 16 heavy (non-hydrogen) atoms. The van der Waals surface area contributed by atoms with Crippen LogP contribution in [0.1, 0.15) is 46.5 Å². The van der Waals surface area contributed by atoms with E-state index in [9.17, 15) is 9.59 Å². The second-order valence-corrected chi connectivity index (χ2v) is 4.37. The van der Waals surface area contributed by atoms with Gasteiger partial charge in [-0.3, -0.25) is 9.59 Å². The fraction of sp³-hybridized carbons (Fsp3) is 0.833. The van der Waals surface area contributed by atoms with Crippen LogP contribution in [0.5, 0.6) is 0 Å².